The molecule has 28 heavy (non-hydrogen) atoms. The third-order valence-electron chi connectivity index (χ3n) is 5.82. The molecule has 2 aromatic carbocycles. The van der Waals surface area contributed by atoms with E-state index in [1.165, 1.54) is 43.3 Å². The summed E-state index contributed by atoms with van der Waals surface area (Å²) in [7, 11) is 0. The largest absolute Gasteiger partial charge is 0.323 e. The van der Waals surface area contributed by atoms with Crippen LogP contribution in [0.2, 0.25) is 0 Å². The van der Waals surface area contributed by atoms with Crippen LogP contribution in [0.5, 0.6) is 0 Å². The van der Waals surface area contributed by atoms with Crippen LogP contribution in [0.3, 0.4) is 0 Å². The summed E-state index contributed by atoms with van der Waals surface area (Å²) in [5.74, 6) is 0. The van der Waals surface area contributed by atoms with E-state index in [2.05, 4.69) is 39.0 Å². The fourth-order valence-electron chi connectivity index (χ4n) is 4.35. The van der Waals surface area contributed by atoms with Gasteiger partial charge in [-0.05, 0) is 44.1 Å². The van der Waals surface area contributed by atoms with Crippen molar-refractivity contribution < 1.29 is 0 Å². The van der Waals surface area contributed by atoms with Gasteiger partial charge in [-0.25, -0.2) is 9.97 Å². The molecule has 0 aliphatic carbocycles. The number of fused-ring (bicyclic) bond motifs is 4. The van der Waals surface area contributed by atoms with Crippen molar-refractivity contribution in [1.29, 1.82) is 0 Å². The highest BCUT2D eigenvalue weighted by Gasteiger charge is 2.14. The SMILES string of the molecule is c1ccc2nc3c(nc2c1)c1ccccc1n3CCNCCN1CCCCC1. The van der Waals surface area contributed by atoms with Gasteiger partial charge in [-0.2, -0.15) is 0 Å². The molecule has 1 saturated heterocycles. The van der Waals surface area contributed by atoms with Crippen LogP contribution in [0.25, 0.3) is 33.1 Å². The van der Waals surface area contributed by atoms with Crippen molar-refractivity contribution >= 4 is 33.1 Å². The van der Waals surface area contributed by atoms with E-state index in [0.29, 0.717) is 0 Å². The lowest BCUT2D eigenvalue weighted by atomic mass is 10.1. The number of nitrogens with zero attached hydrogens (tertiary/aromatic N) is 4. The van der Waals surface area contributed by atoms with Crippen LogP contribution >= 0.6 is 0 Å². The molecule has 5 heteroatoms. The Balaban J connectivity index is 1.37. The Morgan fingerprint density at radius 3 is 2.36 bits per heavy atom. The predicted octanol–water partition coefficient (Wildman–Crippen LogP) is 3.81. The zero-order valence-corrected chi connectivity index (χ0v) is 16.3. The van der Waals surface area contributed by atoms with E-state index < -0.39 is 0 Å². The van der Waals surface area contributed by atoms with Crippen molar-refractivity contribution in [2.75, 3.05) is 32.7 Å². The molecule has 1 aliphatic heterocycles. The van der Waals surface area contributed by atoms with E-state index >= 15 is 0 Å². The first-order chi connectivity index (χ1) is 13.9. The topological polar surface area (TPSA) is 46.0 Å². The van der Waals surface area contributed by atoms with Crippen LogP contribution in [0.1, 0.15) is 19.3 Å². The molecule has 0 spiro atoms. The molecule has 144 valence electrons. The number of benzene rings is 2. The van der Waals surface area contributed by atoms with Gasteiger partial charge < -0.3 is 14.8 Å². The molecule has 1 fully saturated rings. The lowest BCUT2D eigenvalue weighted by Gasteiger charge is -2.26. The number of para-hydroxylation sites is 3. The molecule has 2 aromatic heterocycles. The molecular formula is C23H27N5. The van der Waals surface area contributed by atoms with E-state index in [1.807, 2.05) is 24.3 Å². The fraction of sp³-hybridized carbons (Fsp3) is 0.391. The van der Waals surface area contributed by atoms with Gasteiger partial charge in [0.05, 0.1) is 16.6 Å². The normalized spacial score (nSPS) is 15.7. The van der Waals surface area contributed by atoms with Crippen molar-refractivity contribution in [3.05, 3.63) is 48.5 Å². The van der Waals surface area contributed by atoms with Gasteiger partial charge in [0.15, 0.2) is 5.65 Å². The Bertz CT molecular complexity index is 1090. The van der Waals surface area contributed by atoms with E-state index in [9.17, 15) is 0 Å². The molecular weight excluding hydrogens is 346 g/mol. The van der Waals surface area contributed by atoms with E-state index in [-0.39, 0.29) is 0 Å². The standard InChI is InChI=1S/C23H27N5/c1-6-14-27(15-7-1)16-12-24-13-17-28-21-11-5-2-8-18(21)22-23(28)26-20-10-4-3-9-19(20)25-22/h2-5,8-11,24H,1,6-7,12-17H2. The van der Waals surface area contributed by atoms with E-state index in [4.69, 9.17) is 9.97 Å². The minimum Gasteiger partial charge on any atom is -0.323 e. The van der Waals surface area contributed by atoms with Crippen LogP contribution in [-0.2, 0) is 6.54 Å². The molecule has 1 aliphatic rings. The summed E-state index contributed by atoms with van der Waals surface area (Å²) in [4.78, 5) is 12.5. The summed E-state index contributed by atoms with van der Waals surface area (Å²) < 4.78 is 2.32. The molecule has 0 bridgehead atoms. The molecule has 5 nitrogen and oxygen atoms in total. The summed E-state index contributed by atoms with van der Waals surface area (Å²) in [6.45, 7) is 6.56. The Labute approximate surface area is 165 Å². The average molecular weight is 374 g/mol. The zero-order valence-electron chi connectivity index (χ0n) is 16.3. The van der Waals surface area contributed by atoms with Gasteiger partial charge in [0.25, 0.3) is 0 Å². The summed E-state index contributed by atoms with van der Waals surface area (Å²) in [6, 6.07) is 16.6. The monoisotopic (exact) mass is 373 g/mol. The predicted molar refractivity (Wildman–Crippen MR) is 116 cm³/mol. The van der Waals surface area contributed by atoms with Crippen molar-refractivity contribution in [1.82, 2.24) is 24.8 Å². The molecule has 4 aromatic rings. The third kappa shape index (κ3) is 3.36. The first-order valence-electron chi connectivity index (χ1n) is 10.5. The Morgan fingerprint density at radius 1 is 0.786 bits per heavy atom. The van der Waals surface area contributed by atoms with Crippen LogP contribution in [0.4, 0.5) is 0 Å². The molecule has 0 radical (unpaired) electrons. The average Bonchev–Trinajstić information content (AvgIpc) is 3.05. The number of piperidine rings is 1. The maximum atomic E-state index is 4.95. The minimum absolute atomic E-state index is 0.900. The Kier molecular flexibility index (Phi) is 4.93. The van der Waals surface area contributed by atoms with Gasteiger partial charge in [0.1, 0.15) is 5.52 Å². The van der Waals surface area contributed by atoms with Crippen molar-refractivity contribution in [3.63, 3.8) is 0 Å². The number of likely N-dealkylation sites (tertiary alicyclic amines) is 1. The maximum absolute atomic E-state index is 4.95. The van der Waals surface area contributed by atoms with Gasteiger partial charge in [0, 0.05) is 31.6 Å². The summed E-state index contributed by atoms with van der Waals surface area (Å²) in [5, 5.41) is 4.81. The van der Waals surface area contributed by atoms with Crippen molar-refractivity contribution in [2.24, 2.45) is 0 Å². The molecule has 3 heterocycles. The lowest BCUT2D eigenvalue weighted by Crippen LogP contribution is -2.36. The van der Waals surface area contributed by atoms with Gasteiger partial charge >= 0.3 is 0 Å². The fourth-order valence-corrected chi connectivity index (χ4v) is 4.35. The summed E-state index contributed by atoms with van der Waals surface area (Å²) >= 11 is 0. The maximum Gasteiger partial charge on any atom is 0.160 e. The number of rotatable bonds is 6. The Morgan fingerprint density at radius 2 is 1.50 bits per heavy atom. The van der Waals surface area contributed by atoms with Gasteiger partial charge in [-0.1, -0.05) is 36.8 Å². The molecule has 1 N–H and O–H groups in total. The second kappa shape index (κ2) is 7.86. The first kappa shape index (κ1) is 17.6. The second-order valence-corrected chi connectivity index (χ2v) is 7.71. The van der Waals surface area contributed by atoms with Crippen molar-refractivity contribution in [3.8, 4) is 0 Å². The smallest absolute Gasteiger partial charge is 0.160 e. The van der Waals surface area contributed by atoms with Gasteiger partial charge in [-0.15, -0.1) is 0 Å². The zero-order chi connectivity index (χ0) is 18.8. The Hall–Kier alpha value is -2.50. The molecule has 0 unspecified atom stereocenters. The summed E-state index contributed by atoms with van der Waals surface area (Å²) in [6.07, 6.45) is 4.11. The molecule has 0 saturated carbocycles. The first-order valence-corrected chi connectivity index (χ1v) is 10.5. The second-order valence-electron chi connectivity index (χ2n) is 7.71. The van der Waals surface area contributed by atoms with Crippen LogP contribution in [-0.4, -0.2) is 52.2 Å². The van der Waals surface area contributed by atoms with Crippen molar-refractivity contribution in [2.45, 2.75) is 25.8 Å². The molecule has 5 rings (SSSR count). The highest BCUT2D eigenvalue weighted by molar-refractivity contribution is 6.06. The third-order valence-corrected chi connectivity index (χ3v) is 5.82. The van der Waals surface area contributed by atoms with Crippen LogP contribution in [0.15, 0.2) is 48.5 Å². The quantitative estimate of drug-likeness (QED) is 0.522. The van der Waals surface area contributed by atoms with E-state index in [0.717, 1.165) is 48.4 Å². The highest BCUT2D eigenvalue weighted by atomic mass is 15.1. The molecule has 0 atom stereocenters. The molecule has 0 amide bonds. The highest BCUT2D eigenvalue weighted by Crippen LogP contribution is 2.27. The van der Waals surface area contributed by atoms with E-state index in [1.54, 1.807) is 0 Å². The number of hydrogen-bond acceptors (Lipinski definition) is 4. The number of aromatic nitrogens is 3. The number of hydrogen-bond donors (Lipinski definition) is 1. The minimum atomic E-state index is 0.900. The van der Waals surface area contributed by atoms with Crippen LogP contribution in [0, 0.1) is 0 Å². The summed E-state index contributed by atoms with van der Waals surface area (Å²) in [5.41, 5.74) is 5.11. The van der Waals surface area contributed by atoms with Gasteiger partial charge in [0.2, 0.25) is 0 Å². The number of nitrogens with one attached hydrogen (secondary N) is 1. The lowest BCUT2D eigenvalue weighted by molar-refractivity contribution is 0.229. The van der Waals surface area contributed by atoms with Crippen LogP contribution < -0.4 is 5.32 Å². The van der Waals surface area contributed by atoms with Gasteiger partial charge in [-0.3, -0.25) is 0 Å².